The van der Waals surface area contributed by atoms with E-state index in [-0.39, 0.29) is 18.5 Å². The van der Waals surface area contributed by atoms with E-state index in [4.69, 9.17) is 0 Å². The minimum atomic E-state index is -3.87. The second kappa shape index (κ2) is 12.4. The highest BCUT2D eigenvalue weighted by Crippen LogP contribution is 2.22. The third kappa shape index (κ3) is 8.64. The summed E-state index contributed by atoms with van der Waals surface area (Å²) in [5.41, 5.74) is 1.57. The third-order valence-electron chi connectivity index (χ3n) is 6.04. The molecule has 1 N–H and O–H groups in total. The van der Waals surface area contributed by atoms with Crippen molar-refractivity contribution in [3.05, 3.63) is 101 Å². The van der Waals surface area contributed by atoms with Gasteiger partial charge in [0.1, 0.15) is 18.4 Å². The van der Waals surface area contributed by atoms with Crippen LogP contribution in [-0.2, 0) is 32.6 Å². The lowest BCUT2D eigenvalue weighted by atomic mass is 10.0. The number of anilines is 1. The molecule has 1 unspecified atom stereocenters. The minimum absolute atomic E-state index is 0.159. The van der Waals surface area contributed by atoms with Crippen molar-refractivity contribution in [2.75, 3.05) is 17.1 Å². The summed E-state index contributed by atoms with van der Waals surface area (Å²) in [6, 6.07) is 21.0. The summed E-state index contributed by atoms with van der Waals surface area (Å²) < 4.78 is 41.4. The molecule has 3 aromatic rings. The van der Waals surface area contributed by atoms with Crippen LogP contribution in [0.25, 0.3) is 0 Å². The highest BCUT2D eigenvalue weighted by atomic mass is 32.2. The van der Waals surface area contributed by atoms with E-state index in [2.05, 4.69) is 5.32 Å². The van der Waals surface area contributed by atoms with E-state index in [1.807, 2.05) is 64.1 Å². The van der Waals surface area contributed by atoms with Crippen LogP contribution in [0.5, 0.6) is 0 Å². The summed E-state index contributed by atoms with van der Waals surface area (Å²) >= 11 is 0. The molecule has 0 fully saturated rings. The van der Waals surface area contributed by atoms with Crippen molar-refractivity contribution in [2.45, 2.75) is 52.2 Å². The van der Waals surface area contributed by atoms with Crippen molar-refractivity contribution >= 4 is 27.5 Å². The van der Waals surface area contributed by atoms with Crippen LogP contribution in [-0.4, -0.2) is 49.5 Å². The molecule has 1 atom stereocenters. The molecule has 0 aliphatic rings. The van der Waals surface area contributed by atoms with Gasteiger partial charge in [0.2, 0.25) is 21.8 Å². The number of hydrogen-bond acceptors (Lipinski definition) is 4. The van der Waals surface area contributed by atoms with Gasteiger partial charge >= 0.3 is 0 Å². The van der Waals surface area contributed by atoms with Gasteiger partial charge in [0, 0.05) is 24.1 Å². The zero-order valence-electron chi connectivity index (χ0n) is 23.0. The van der Waals surface area contributed by atoms with Crippen LogP contribution >= 0.6 is 0 Å². The number of nitrogens with one attached hydrogen (secondary N) is 1. The number of halogens is 1. The highest BCUT2D eigenvalue weighted by molar-refractivity contribution is 7.92. The number of carbonyl (C=O) groups is 2. The van der Waals surface area contributed by atoms with Crippen LogP contribution in [0.15, 0.2) is 78.9 Å². The zero-order chi connectivity index (χ0) is 28.8. The van der Waals surface area contributed by atoms with Gasteiger partial charge in [-0.25, -0.2) is 12.8 Å². The maximum atomic E-state index is 14.8. The summed E-state index contributed by atoms with van der Waals surface area (Å²) in [6.45, 7) is 6.55. The molecule has 2 amide bonds. The second-order valence-corrected chi connectivity index (χ2v) is 12.6. The van der Waals surface area contributed by atoms with Crippen molar-refractivity contribution in [1.29, 1.82) is 0 Å². The first-order valence-electron chi connectivity index (χ1n) is 12.7. The van der Waals surface area contributed by atoms with E-state index in [0.29, 0.717) is 5.69 Å². The molecule has 0 bridgehead atoms. The van der Waals surface area contributed by atoms with Crippen LogP contribution in [0.4, 0.5) is 10.1 Å². The van der Waals surface area contributed by atoms with E-state index in [1.54, 1.807) is 36.4 Å². The number of sulfonamides is 1. The Morgan fingerprint density at radius 2 is 1.59 bits per heavy atom. The predicted octanol–water partition coefficient (Wildman–Crippen LogP) is 4.45. The molecule has 3 aromatic carbocycles. The predicted molar refractivity (Wildman–Crippen MR) is 152 cm³/mol. The Hall–Kier alpha value is -3.72. The normalized spacial score (nSPS) is 12.5. The largest absolute Gasteiger partial charge is 0.350 e. The molecule has 3 rings (SSSR count). The van der Waals surface area contributed by atoms with Gasteiger partial charge in [-0.05, 0) is 57.0 Å². The summed E-state index contributed by atoms with van der Waals surface area (Å²) in [4.78, 5) is 28.9. The van der Waals surface area contributed by atoms with Crippen LogP contribution in [0.1, 0.15) is 37.5 Å². The number of aryl methyl sites for hydroxylation is 1. The fourth-order valence-electron chi connectivity index (χ4n) is 4.21. The van der Waals surface area contributed by atoms with E-state index in [9.17, 15) is 22.4 Å². The van der Waals surface area contributed by atoms with Gasteiger partial charge < -0.3 is 10.2 Å². The molecule has 0 aliphatic heterocycles. The molecule has 0 saturated carbocycles. The molecule has 208 valence electrons. The Morgan fingerprint density at radius 1 is 0.949 bits per heavy atom. The van der Waals surface area contributed by atoms with Crippen LogP contribution in [0.3, 0.4) is 0 Å². The van der Waals surface area contributed by atoms with Crippen LogP contribution in [0, 0.1) is 12.7 Å². The van der Waals surface area contributed by atoms with Crippen molar-refractivity contribution < 1.29 is 22.4 Å². The van der Waals surface area contributed by atoms with E-state index >= 15 is 0 Å². The molecule has 0 saturated heterocycles. The van der Waals surface area contributed by atoms with Crippen molar-refractivity contribution in [3.8, 4) is 0 Å². The number of amides is 2. The lowest BCUT2D eigenvalue weighted by molar-refractivity contribution is -0.140. The first-order valence-corrected chi connectivity index (χ1v) is 14.5. The lowest BCUT2D eigenvalue weighted by Gasteiger charge is -2.35. The molecular formula is C30H36FN3O4S. The smallest absolute Gasteiger partial charge is 0.244 e. The number of rotatable bonds is 10. The molecule has 7 nitrogen and oxygen atoms in total. The molecule has 0 spiro atoms. The zero-order valence-corrected chi connectivity index (χ0v) is 23.8. The summed E-state index contributed by atoms with van der Waals surface area (Å²) in [5.74, 6) is -1.57. The molecule has 39 heavy (non-hydrogen) atoms. The highest BCUT2D eigenvalue weighted by Gasteiger charge is 2.34. The van der Waals surface area contributed by atoms with Crippen LogP contribution in [0.2, 0.25) is 0 Å². The van der Waals surface area contributed by atoms with E-state index < -0.39 is 45.8 Å². The SMILES string of the molecule is Cc1cccc(N(CC(=O)N(Cc2ccccc2F)C(Cc2ccccc2)C(=O)NC(C)(C)C)S(C)(=O)=O)c1. The van der Waals surface area contributed by atoms with Gasteiger partial charge in [-0.15, -0.1) is 0 Å². The molecule has 0 heterocycles. The number of benzene rings is 3. The average Bonchev–Trinajstić information content (AvgIpc) is 2.84. The summed E-state index contributed by atoms with van der Waals surface area (Å²) in [5, 5.41) is 2.94. The Morgan fingerprint density at radius 3 is 2.18 bits per heavy atom. The fourth-order valence-corrected chi connectivity index (χ4v) is 5.06. The van der Waals surface area contributed by atoms with Crippen molar-refractivity contribution in [2.24, 2.45) is 0 Å². The van der Waals surface area contributed by atoms with Gasteiger partial charge in [0.25, 0.3) is 0 Å². The number of nitrogens with zero attached hydrogens (tertiary/aromatic N) is 2. The minimum Gasteiger partial charge on any atom is -0.350 e. The molecule has 9 heteroatoms. The summed E-state index contributed by atoms with van der Waals surface area (Å²) in [6.07, 6.45) is 1.18. The lowest BCUT2D eigenvalue weighted by Crippen LogP contribution is -2.56. The third-order valence-corrected chi connectivity index (χ3v) is 7.18. The van der Waals surface area contributed by atoms with E-state index in [0.717, 1.165) is 21.7 Å². The summed E-state index contributed by atoms with van der Waals surface area (Å²) in [7, 11) is -3.87. The van der Waals surface area contributed by atoms with Crippen LogP contribution < -0.4 is 9.62 Å². The Labute approximate surface area is 230 Å². The van der Waals surface area contributed by atoms with Gasteiger partial charge in [0.15, 0.2) is 0 Å². The standard InChI is InChI=1S/C30H36FN3O4S/c1-22-12-11-16-25(18-22)34(39(5,37)38)21-28(35)33(20-24-15-9-10-17-26(24)31)27(29(36)32-30(2,3)4)19-23-13-7-6-8-14-23/h6-18,27H,19-21H2,1-5H3,(H,32,36). The molecular weight excluding hydrogens is 517 g/mol. The van der Waals surface area contributed by atoms with Gasteiger partial charge in [-0.1, -0.05) is 60.7 Å². The average molecular weight is 554 g/mol. The molecule has 0 aliphatic carbocycles. The first-order chi connectivity index (χ1) is 18.2. The fraction of sp³-hybridized carbons (Fsp3) is 0.333. The van der Waals surface area contributed by atoms with E-state index in [1.165, 1.54) is 11.0 Å². The monoisotopic (exact) mass is 553 g/mol. The first kappa shape index (κ1) is 29.8. The van der Waals surface area contributed by atoms with Gasteiger partial charge in [0.05, 0.1) is 11.9 Å². The Bertz CT molecular complexity index is 1400. The van der Waals surface area contributed by atoms with Gasteiger partial charge in [-0.2, -0.15) is 0 Å². The van der Waals surface area contributed by atoms with Crippen molar-refractivity contribution in [1.82, 2.24) is 10.2 Å². The molecule has 0 radical (unpaired) electrons. The topological polar surface area (TPSA) is 86.8 Å². The Balaban J connectivity index is 2.09. The maximum absolute atomic E-state index is 14.8. The quantitative estimate of drug-likeness (QED) is 0.402. The van der Waals surface area contributed by atoms with Crippen molar-refractivity contribution in [3.63, 3.8) is 0 Å². The van der Waals surface area contributed by atoms with Gasteiger partial charge in [-0.3, -0.25) is 13.9 Å². The maximum Gasteiger partial charge on any atom is 0.244 e. The second-order valence-electron chi connectivity index (χ2n) is 10.7. The number of hydrogen-bond donors (Lipinski definition) is 1. The Kier molecular flexibility index (Phi) is 9.50. The molecule has 0 aromatic heterocycles. The number of carbonyl (C=O) groups excluding carboxylic acids is 2.